The van der Waals surface area contributed by atoms with Crippen LogP contribution in [-0.2, 0) is 6.18 Å². The van der Waals surface area contributed by atoms with Crippen molar-refractivity contribution in [1.82, 2.24) is 4.90 Å². The van der Waals surface area contributed by atoms with Crippen LogP contribution in [0.4, 0.5) is 13.2 Å². The average molecular weight is 393 g/mol. The molecular formula is C22H26F3NO2. The normalized spacial score (nSPS) is 19.2. The molecule has 0 saturated carbocycles. The van der Waals surface area contributed by atoms with Gasteiger partial charge in [0.2, 0.25) is 0 Å². The van der Waals surface area contributed by atoms with E-state index < -0.39 is 24.1 Å². The highest BCUT2D eigenvalue weighted by Crippen LogP contribution is 2.35. The number of halogens is 3. The molecule has 2 aromatic carbocycles. The van der Waals surface area contributed by atoms with Gasteiger partial charge in [-0.3, -0.25) is 4.90 Å². The summed E-state index contributed by atoms with van der Waals surface area (Å²) < 4.78 is 38.5. The molecular weight excluding hydrogens is 367 g/mol. The van der Waals surface area contributed by atoms with Gasteiger partial charge in [0.15, 0.2) is 0 Å². The molecule has 1 aliphatic heterocycles. The minimum absolute atomic E-state index is 0.379. The van der Waals surface area contributed by atoms with Crippen molar-refractivity contribution in [2.75, 3.05) is 13.1 Å². The van der Waals surface area contributed by atoms with E-state index in [1.165, 1.54) is 12.1 Å². The molecule has 0 aliphatic carbocycles. The molecule has 3 rings (SSSR count). The Hall–Kier alpha value is -1.89. The predicted octanol–water partition coefficient (Wildman–Crippen LogP) is 4.64. The van der Waals surface area contributed by atoms with Crippen LogP contribution >= 0.6 is 0 Å². The molecule has 2 N–H and O–H groups in total. The lowest BCUT2D eigenvalue weighted by Crippen LogP contribution is -2.47. The van der Waals surface area contributed by atoms with E-state index in [0.717, 1.165) is 55.6 Å². The van der Waals surface area contributed by atoms with Gasteiger partial charge in [-0.05, 0) is 41.7 Å². The predicted molar refractivity (Wildman–Crippen MR) is 103 cm³/mol. The lowest BCUT2D eigenvalue weighted by atomic mass is 9.87. The summed E-state index contributed by atoms with van der Waals surface area (Å²) in [5, 5.41) is 21.4. The van der Waals surface area contributed by atoms with Crippen LogP contribution in [0.15, 0.2) is 48.5 Å². The van der Waals surface area contributed by atoms with Crippen LogP contribution in [0.1, 0.15) is 43.2 Å². The molecule has 0 amide bonds. The zero-order valence-corrected chi connectivity index (χ0v) is 15.9. The molecule has 6 heteroatoms. The topological polar surface area (TPSA) is 43.7 Å². The molecule has 2 aromatic rings. The number of alkyl halides is 3. The van der Waals surface area contributed by atoms with Crippen molar-refractivity contribution in [3.8, 4) is 11.1 Å². The first-order valence-corrected chi connectivity index (χ1v) is 9.66. The number of hydrogen-bond donors (Lipinski definition) is 2. The number of likely N-dealkylation sites (tertiary alicyclic amines) is 1. The van der Waals surface area contributed by atoms with Crippen LogP contribution in [-0.4, -0.2) is 40.5 Å². The van der Waals surface area contributed by atoms with E-state index in [0.29, 0.717) is 5.56 Å². The molecule has 3 unspecified atom stereocenters. The number of aliphatic hydroxyl groups excluding tert-OH is 2. The minimum Gasteiger partial charge on any atom is -0.388 e. The third kappa shape index (κ3) is 4.57. The fourth-order valence-electron chi connectivity index (χ4n) is 3.84. The molecule has 0 radical (unpaired) electrons. The maximum atomic E-state index is 12.8. The van der Waals surface area contributed by atoms with Crippen molar-refractivity contribution in [2.24, 2.45) is 0 Å². The molecule has 0 bridgehead atoms. The van der Waals surface area contributed by atoms with Crippen molar-refractivity contribution in [2.45, 2.75) is 50.6 Å². The van der Waals surface area contributed by atoms with Gasteiger partial charge in [-0.2, -0.15) is 13.2 Å². The Morgan fingerprint density at radius 1 is 0.893 bits per heavy atom. The second-order valence-corrected chi connectivity index (χ2v) is 7.45. The van der Waals surface area contributed by atoms with Gasteiger partial charge >= 0.3 is 6.18 Å². The Kier molecular flexibility index (Phi) is 6.43. The summed E-state index contributed by atoms with van der Waals surface area (Å²) in [6, 6.07) is 12.4. The van der Waals surface area contributed by atoms with Crippen LogP contribution in [0, 0.1) is 0 Å². The Morgan fingerprint density at radius 3 is 2.11 bits per heavy atom. The highest BCUT2D eigenvalue weighted by atomic mass is 19.4. The second-order valence-electron chi connectivity index (χ2n) is 7.45. The highest BCUT2D eigenvalue weighted by molar-refractivity contribution is 5.68. The number of piperidine rings is 1. The summed E-state index contributed by atoms with van der Waals surface area (Å²) in [6.45, 7) is 3.34. The maximum Gasteiger partial charge on any atom is 0.416 e. The number of benzene rings is 2. The van der Waals surface area contributed by atoms with E-state index in [9.17, 15) is 23.4 Å². The molecule has 0 spiro atoms. The first kappa shape index (κ1) is 20.8. The molecule has 3 nitrogen and oxygen atoms in total. The zero-order chi connectivity index (χ0) is 20.3. The largest absolute Gasteiger partial charge is 0.416 e. The lowest BCUT2D eigenvalue weighted by Gasteiger charge is -2.36. The van der Waals surface area contributed by atoms with E-state index in [1.807, 2.05) is 36.1 Å². The molecule has 1 saturated heterocycles. The molecule has 1 heterocycles. The number of rotatable bonds is 5. The van der Waals surface area contributed by atoms with Gasteiger partial charge in [0.25, 0.3) is 0 Å². The van der Waals surface area contributed by atoms with Gasteiger partial charge in [-0.25, -0.2) is 0 Å². The highest BCUT2D eigenvalue weighted by Gasteiger charge is 2.32. The Labute approximate surface area is 163 Å². The standard InChI is InChI=1S/C22H26F3NO2/c1-15(20(27)21(28)26-13-5-2-6-14-26)18-7-3-4-8-19(18)16-9-11-17(12-10-16)22(23,24)25/h3-4,7-12,15,20-21,27-28H,2,5-6,13-14H2,1H3. The maximum absolute atomic E-state index is 12.8. The molecule has 1 fully saturated rings. The van der Waals surface area contributed by atoms with Gasteiger partial charge in [0.1, 0.15) is 12.3 Å². The summed E-state index contributed by atoms with van der Waals surface area (Å²) in [6.07, 6.45) is -3.20. The first-order valence-electron chi connectivity index (χ1n) is 9.66. The monoisotopic (exact) mass is 393 g/mol. The third-order valence-electron chi connectivity index (χ3n) is 5.56. The average Bonchev–Trinajstić information content (AvgIpc) is 2.72. The van der Waals surface area contributed by atoms with Gasteiger partial charge in [0, 0.05) is 19.0 Å². The number of hydrogen-bond acceptors (Lipinski definition) is 3. The van der Waals surface area contributed by atoms with Crippen LogP contribution in [0.25, 0.3) is 11.1 Å². The summed E-state index contributed by atoms with van der Waals surface area (Å²) in [4.78, 5) is 1.89. The summed E-state index contributed by atoms with van der Waals surface area (Å²) in [7, 11) is 0. The molecule has 28 heavy (non-hydrogen) atoms. The quantitative estimate of drug-likeness (QED) is 0.778. The zero-order valence-electron chi connectivity index (χ0n) is 15.9. The van der Waals surface area contributed by atoms with E-state index >= 15 is 0 Å². The van der Waals surface area contributed by atoms with Gasteiger partial charge in [-0.15, -0.1) is 0 Å². The van der Waals surface area contributed by atoms with E-state index in [-0.39, 0.29) is 5.92 Å². The van der Waals surface area contributed by atoms with E-state index in [2.05, 4.69) is 0 Å². The summed E-state index contributed by atoms with van der Waals surface area (Å²) in [5.74, 6) is -0.379. The molecule has 3 atom stereocenters. The fraction of sp³-hybridized carbons (Fsp3) is 0.455. The van der Waals surface area contributed by atoms with Crippen molar-refractivity contribution < 1.29 is 23.4 Å². The summed E-state index contributed by atoms with van der Waals surface area (Å²) >= 11 is 0. The fourth-order valence-corrected chi connectivity index (χ4v) is 3.84. The summed E-state index contributed by atoms with van der Waals surface area (Å²) in [5.41, 5.74) is 1.51. The van der Waals surface area contributed by atoms with Crippen LogP contribution in [0.3, 0.4) is 0 Å². The van der Waals surface area contributed by atoms with E-state index in [1.54, 1.807) is 0 Å². The Morgan fingerprint density at radius 2 is 1.50 bits per heavy atom. The van der Waals surface area contributed by atoms with Crippen LogP contribution in [0.5, 0.6) is 0 Å². The smallest absolute Gasteiger partial charge is 0.388 e. The number of nitrogens with zero attached hydrogens (tertiary/aromatic N) is 1. The molecule has 1 aliphatic rings. The SMILES string of the molecule is CC(c1ccccc1-c1ccc(C(F)(F)F)cc1)C(O)C(O)N1CCCCC1. The van der Waals surface area contributed by atoms with E-state index in [4.69, 9.17) is 0 Å². The molecule has 0 aromatic heterocycles. The van der Waals surface area contributed by atoms with Gasteiger partial charge in [0.05, 0.1) is 5.56 Å². The van der Waals surface area contributed by atoms with Crippen molar-refractivity contribution >= 4 is 0 Å². The molecule has 152 valence electrons. The minimum atomic E-state index is -4.37. The van der Waals surface area contributed by atoms with Gasteiger partial charge < -0.3 is 10.2 Å². The first-order chi connectivity index (χ1) is 13.3. The number of aliphatic hydroxyl groups is 2. The third-order valence-corrected chi connectivity index (χ3v) is 5.56. The van der Waals surface area contributed by atoms with Crippen molar-refractivity contribution in [3.63, 3.8) is 0 Å². The van der Waals surface area contributed by atoms with Crippen LogP contribution in [0.2, 0.25) is 0 Å². The Balaban J connectivity index is 1.84. The lowest BCUT2D eigenvalue weighted by molar-refractivity contribution is -0.137. The van der Waals surface area contributed by atoms with Crippen LogP contribution < -0.4 is 0 Å². The van der Waals surface area contributed by atoms with Gasteiger partial charge in [-0.1, -0.05) is 49.7 Å². The Bertz CT molecular complexity index is 770. The van der Waals surface area contributed by atoms with Crippen molar-refractivity contribution in [3.05, 3.63) is 59.7 Å². The van der Waals surface area contributed by atoms with Crippen molar-refractivity contribution in [1.29, 1.82) is 0 Å². The second kappa shape index (κ2) is 8.64.